The van der Waals surface area contributed by atoms with E-state index in [9.17, 15) is 0 Å². The molecular formula is C75H44N2. The number of hydrogen-bond acceptors (Lipinski definition) is 0. The second-order valence-electron chi connectivity index (χ2n) is 21.3. The highest BCUT2D eigenvalue weighted by Gasteiger charge is 2.47. The molecule has 0 bridgehead atoms. The van der Waals surface area contributed by atoms with E-state index in [2.05, 4.69) is 276 Å². The Kier molecular flexibility index (Phi) is 8.09. The van der Waals surface area contributed by atoms with Crippen LogP contribution >= 0.6 is 0 Å². The van der Waals surface area contributed by atoms with Gasteiger partial charge in [0, 0.05) is 43.1 Å². The number of fused-ring (bicyclic) bond motifs is 17. The smallest absolute Gasteiger partial charge is 0.0713 e. The second-order valence-corrected chi connectivity index (χ2v) is 21.3. The molecule has 0 atom stereocenters. The van der Waals surface area contributed by atoms with Crippen molar-refractivity contribution in [3.63, 3.8) is 0 Å². The Hall–Kier alpha value is -10.0. The molecular weight excluding hydrogens is 929 g/mol. The van der Waals surface area contributed by atoms with Crippen LogP contribution in [0.4, 0.5) is 0 Å². The van der Waals surface area contributed by atoms with Gasteiger partial charge in [0.05, 0.1) is 38.5 Å². The number of benzene rings is 13. The first kappa shape index (κ1) is 41.3. The van der Waals surface area contributed by atoms with Crippen LogP contribution in [-0.4, -0.2) is 8.80 Å². The number of nitrogens with zero attached hydrogens (tertiary/aromatic N) is 2. The summed E-state index contributed by atoms with van der Waals surface area (Å²) in [6, 6.07) is 101. The molecule has 0 saturated heterocycles. The second kappa shape index (κ2) is 15.1. The zero-order chi connectivity index (χ0) is 50.1. The Labute approximate surface area is 443 Å². The van der Waals surface area contributed by atoms with Crippen LogP contribution in [0.5, 0.6) is 0 Å². The average Bonchev–Trinajstić information content (AvgIpc) is 4.34. The molecule has 17 aromatic rings. The van der Waals surface area contributed by atoms with E-state index in [0.717, 1.165) is 0 Å². The van der Waals surface area contributed by atoms with Gasteiger partial charge >= 0.3 is 0 Å². The first-order valence-corrected chi connectivity index (χ1v) is 26.9. The van der Waals surface area contributed by atoms with E-state index in [1.165, 1.54) is 164 Å². The zero-order valence-electron chi connectivity index (χ0n) is 41.8. The predicted molar refractivity (Wildman–Crippen MR) is 324 cm³/mol. The van der Waals surface area contributed by atoms with Crippen LogP contribution < -0.4 is 0 Å². The molecule has 1 aliphatic rings. The fourth-order valence-corrected chi connectivity index (χ4v) is 15.0. The zero-order valence-corrected chi connectivity index (χ0v) is 41.8. The summed E-state index contributed by atoms with van der Waals surface area (Å²) in [7, 11) is 0. The van der Waals surface area contributed by atoms with Gasteiger partial charge in [0.1, 0.15) is 0 Å². The molecule has 77 heavy (non-hydrogen) atoms. The summed E-state index contributed by atoms with van der Waals surface area (Å²) < 4.78 is 5.02. The lowest BCUT2D eigenvalue weighted by atomic mass is 9.67. The summed E-state index contributed by atoms with van der Waals surface area (Å²) in [5.74, 6) is 0. The number of aromatic nitrogens is 2. The minimum absolute atomic E-state index is 0.544. The Morgan fingerprint density at radius 2 is 0.610 bits per heavy atom. The van der Waals surface area contributed by atoms with E-state index < -0.39 is 5.41 Å². The van der Waals surface area contributed by atoms with E-state index in [0.29, 0.717) is 0 Å². The highest BCUT2D eigenvalue weighted by atomic mass is 14.9. The Morgan fingerprint density at radius 3 is 1.14 bits per heavy atom. The van der Waals surface area contributed by atoms with Gasteiger partial charge in [-0.25, -0.2) is 0 Å². The van der Waals surface area contributed by atoms with Crippen molar-refractivity contribution in [2.75, 3.05) is 0 Å². The van der Waals surface area contributed by atoms with Crippen LogP contribution in [-0.2, 0) is 5.41 Å². The molecule has 2 heteroatoms. The van der Waals surface area contributed by atoms with E-state index in [1.54, 1.807) is 0 Å². The molecule has 0 unspecified atom stereocenters. The van der Waals surface area contributed by atoms with E-state index in [1.807, 2.05) is 0 Å². The fourth-order valence-electron chi connectivity index (χ4n) is 15.0. The van der Waals surface area contributed by atoms with Gasteiger partial charge in [-0.3, -0.25) is 0 Å². The maximum atomic E-state index is 2.55. The lowest BCUT2D eigenvalue weighted by Gasteiger charge is -2.34. The molecule has 1 aliphatic carbocycles. The Balaban J connectivity index is 1.01. The number of para-hydroxylation sites is 4. The summed E-state index contributed by atoms with van der Waals surface area (Å²) in [6.07, 6.45) is 0. The van der Waals surface area contributed by atoms with Gasteiger partial charge in [0.15, 0.2) is 0 Å². The van der Waals surface area contributed by atoms with Gasteiger partial charge in [-0.1, -0.05) is 237 Å². The number of rotatable bonds is 5. The molecule has 18 rings (SSSR count). The highest BCUT2D eigenvalue weighted by molar-refractivity contribution is 6.31. The molecule has 0 N–H and O–H groups in total. The molecule has 2 nitrogen and oxygen atoms in total. The lowest BCUT2D eigenvalue weighted by Crippen LogP contribution is -2.28. The third kappa shape index (κ3) is 5.15. The molecule has 0 fully saturated rings. The van der Waals surface area contributed by atoms with Gasteiger partial charge < -0.3 is 8.80 Å². The molecule has 0 spiro atoms. The fraction of sp³-hybridized carbons (Fsp3) is 0.0133. The van der Waals surface area contributed by atoms with Gasteiger partial charge in [-0.15, -0.1) is 0 Å². The summed E-state index contributed by atoms with van der Waals surface area (Å²) in [5.41, 5.74) is 22.1. The maximum absolute atomic E-state index is 2.55. The quantitative estimate of drug-likeness (QED) is 0.152. The van der Waals surface area contributed by atoms with Crippen LogP contribution in [0.25, 0.3) is 142 Å². The van der Waals surface area contributed by atoms with Crippen molar-refractivity contribution in [2.45, 2.75) is 5.41 Å². The van der Waals surface area contributed by atoms with Gasteiger partial charge in [0.25, 0.3) is 0 Å². The van der Waals surface area contributed by atoms with Crippen molar-refractivity contribution in [3.05, 3.63) is 289 Å². The van der Waals surface area contributed by atoms with Crippen LogP contribution in [0.3, 0.4) is 0 Å². The summed E-state index contributed by atoms with van der Waals surface area (Å²) >= 11 is 0. The first-order chi connectivity index (χ1) is 38.3. The highest BCUT2D eigenvalue weighted by Crippen LogP contribution is 2.60. The topological polar surface area (TPSA) is 8.82 Å². The summed E-state index contributed by atoms with van der Waals surface area (Å²) in [6.45, 7) is 0. The van der Waals surface area contributed by atoms with Gasteiger partial charge in [-0.05, 0) is 119 Å². The molecule has 4 aromatic heterocycles. The lowest BCUT2D eigenvalue weighted by molar-refractivity contribution is 0.768. The van der Waals surface area contributed by atoms with E-state index >= 15 is 0 Å². The Bertz CT molecular complexity index is 5050. The standard InChI is InChI=1S/C75H44N2/c1-3-20-45(21-4-1)75(46-22-5-2-6-23-46)63-34-12-7-26-57(63)70-60(33-19-35-64(70)75)69-51-31-17-29-47(53-40-42-55-49-24-8-13-36-65(49)76-67-38-15-10-27-58(67)71(53)73(55)76)61(51)44-62-48(30-18-32-52(62)69)54-41-43-56-50-25-9-14-37-66(50)77-68-39-16-11-28-59(68)72(54)74(56)77/h1-44H. The predicted octanol–water partition coefficient (Wildman–Crippen LogP) is 19.7. The largest absolute Gasteiger partial charge is 0.308 e. The van der Waals surface area contributed by atoms with Gasteiger partial charge in [0.2, 0.25) is 0 Å². The molecule has 354 valence electrons. The van der Waals surface area contributed by atoms with Crippen molar-refractivity contribution >= 4 is 97.7 Å². The minimum atomic E-state index is -0.544. The minimum Gasteiger partial charge on any atom is -0.308 e. The van der Waals surface area contributed by atoms with Crippen LogP contribution in [0, 0.1) is 0 Å². The third-order valence-corrected chi connectivity index (χ3v) is 17.9. The molecule has 13 aromatic carbocycles. The summed E-state index contributed by atoms with van der Waals surface area (Å²) in [5, 5.41) is 15.2. The van der Waals surface area contributed by atoms with Gasteiger partial charge in [-0.2, -0.15) is 0 Å². The van der Waals surface area contributed by atoms with Crippen LogP contribution in [0.15, 0.2) is 267 Å². The number of hydrogen-bond donors (Lipinski definition) is 0. The molecule has 4 heterocycles. The van der Waals surface area contributed by atoms with Crippen molar-refractivity contribution in [1.82, 2.24) is 8.80 Å². The van der Waals surface area contributed by atoms with Crippen LogP contribution in [0.1, 0.15) is 22.3 Å². The molecule has 0 aliphatic heterocycles. The summed E-state index contributed by atoms with van der Waals surface area (Å²) in [4.78, 5) is 0. The Morgan fingerprint density at radius 1 is 0.221 bits per heavy atom. The van der Waals surface area contributed by atoms with Crippen molar-refractivity contribution < 1.29 is 0 Å². The maximum Gasteiger partial charge on any atom is 0.0713 e. The SMILES string of the molecule is c1ccc(C2(c3ccccc3)c3ccccc3-c3c(-c4c5cccc(-c6ccc7c8ccccc8n8c9ccccc9c6c78)c5cc5c(-c6ccc7c8ccccc8n8c9ccccc9c6c78)cccc45)cccc32)cc1. The van der Waals surface area contributed by atoms with Crippen molar-refractivity contribution in [1.29, 1.82) is 0 Å². The van der Waals surface area contributed by atoms with E-state index in [4.69, 9.17) is 0 Å². The van der Waals surface area contributed by atoms with Crippen molar-refractivity contribution in [3.8, 4) is 44.5 Å². The monoisotopic (exact) mass is 972 g/mol. The average molecular weight is 973 g/mol. The normalized spacial score (nSPS) is 13.3. The molecule has 0 amide bonds. The third-order valence-electron chi connectivity index (χ3n) is 17.9. The molecule has 0 saturated carbocycles. The molecule has 0 radical (unpaired) electrons. The van der Waals surface area contributed by atoms with Crippen molar-refractivity contribution in [2.24, 2.45) is 0 Å². The van der Waals surface area contributed by atoms with Crippen LogP contribution in [0.2, 0.25) is 0 Å². The first-order valence-electron chi connectivity index (χ1n) is 26.9. The van der Waals surface area contributed by atoms with E-state index in [-0.39, 0.29) is 0 Å².